The summed E-state index contributed by atoms with van der Waals surface area (Å²) in [5.74, 6) is 0.151. The van der Waals surface area contributed by atoms with Gasteiger partial charge in [-0.2, -0.15) is 0 Å². The number of anilines is 1. The summed E-state index contributed by atoms with van der Waals surface area (Å²) in [4.78, 5) is 22.9. The predicted molar refractivity (Wildman–Crippen MR) is 137 cm³/mol. The lowest BCUT2D eigenvalue weighted by Gasteiger charge is -2.34. The van der Waals surface area contributed by atoms with E-state index in [1.54, 1.807) is 30.5 Å². The Hall–Kier alpha value is -3.79. The number of amides is 1. The van der Waals surface area contributed by atoms with Crippen LogP contribution in [0.5, 0.6) is 0 Å². The summed E-state index contributed by atoms with van der Waals surface area (Å²) in [5, 5.41) is 0.508. The molecule has 1 atom stereocenters. The molecule has 0 bridgehead atoms. The molecule has 2 aromatic carbocycles. The van der Waals surface area contributed by atoms with Gasteiger partial charge >= 0.3 is 0 Å². The van der Waals surface area contributed by atoms with Crippen LogP contribution in [0.2, 0.25) is 0 Å². The Morgan fingerprint density at radius 1 is 1.11 bits per heavy atom. The normalized spacial score (nSPS) is 15.7. The van der Waals surface area contributed by atoms with Crippen molar-refractivity contribution in [1.82, 2.24) is 19.4 Å². The topological polar surface area (TPSA) is 97.2 Å². The quantitative estimate of drug-likeness (QED) is 0.410. The Balaban J connectivity index is 0.00000320. The number of nitrogens with one attached hydrogen (secondary N) is 1. The molecule has 0 spiro atoms. The first-order valence-electron chi connectivity index (χ1n) is 11.8. The molecule has 1 aliphatic rings. The van der Waals surface area contributed by atoms with E-state index in [0.717, 1.165) is 18.4 Å². The van der Waals surface area contributed by atoms with Gasteiger partial charge in [-0.25, -0.2) is 22.8 Å². The van der Waals surface area contributed by atoms with Crippen molar-refractivity contribution < 1.29 is 19.0 Å². The van der Waals surface area contributed by atoms with Crippen molar-refractivity contribution in [2.75, 3.05) is 17.8 Å². The molecule has 1 aliphatic heterocycles. The zero-order valence-electron chi connectivity index (χ0n) is 19.7. The number of carbonyl (C=O) groups excluding carboxylic acids is 1. The molecular weight excluding hydrogens is 481 g/mol. The van der Waals surface area contributed by atoms with Gasteiger partial charge in [-0.3, -0.25) is 9.52 Å². The van der Waals surface area contributed by atoms with E-state index in [9.17, 15) is 17.6 Å². The molecule has 0 saturated carbocycles. The first kappa shape index (κ1) is 23.9. The molecule has 1 N–H and O–H groups in total. The van der Waals surface area contributed by atoms with Crippen molar-refractivity contribution in [3.05, 3.63) is 84.7 Å². The fourth-order valence-corrected chi connectivity index (χ4v) is 5.78. The van der Waals surface area contributed by atoms with E-state index in [-0.39, 0.29) is 29.8 Å². The van der Waals surface area contributed by atoms with Crippen LogP contribution in [0.3, 0.4) is 0 Å². The summed E-state index contributed by atoms with van der Waals surface area (Å²) in [7, 11) is -3.75. The van der Waals surface area contributed by atoms with Gasteiger partial charge in [0.05, 0.1) is 10.4 Å². The van der Waals surface area contributed by atoms with Crippen LogP contribution < -0.4 is 4.72 Å². The first-order chi connectivity index (χ1) is 17.3. The number of halogens is 1. The summed E-state index contributed by atoms with van der Waals surface area (Å²) < 4.78 is 43.6. The minimum atomic E-state index is -3.75. The van der Waals surface area contributed by atoms with Crippen LogP contribution in [-0.4, -0.2) is 46.8 Å². The van der Waals surface area contributed by atoms with Crippen molar-refractivity contribution in [2.24, 2.45) is 0 Å². The van der Waals surface area contributed by atoms with E-state index < -0.39 is 16.1 Å². The smallest absolute Gasteiger partial charge is 0.263 e. The number of aromatic nitrogens is 3. The largest absolute Gasteiger partial charge is 0.341 e. The number of rotatable bonds is 6. The van der Waals surface area contributed by atoms with Gasteiger partial charge in [0.15, 0.2) is 0 Å². The zero-order valence-corrected chi connectivity index (χ0v) is 20.5. The lowest BCUT2D eigenvalue weighted by molar-refractivity contribution is -0.135. The fraction of sp³-hybridized carbons (Fsp3) is 0.269. The van der Waals surface area contributed by atoms with Gasteiger partial charge in [-0.05, 0) is 67.6 Å². The van der Waals surface area contributed by atoms with Crippen molar-refractivity contribution >= 4 is 32.7 Å². The molecule has 1 amide bonds. The molecule has 2 aromatic heterocycles. The molecule has 188 valence electrons. The number of hydrogen-bond acceptors (Lipinski definition) is 5. The van der Waals surface area contributed by atoms with Gasteiger partial charge in [0, 0.05) is 32.3 Å². The van der Waals surface area contributed by atoms with Gasteiger partial charge in [0.2, 0.25) is 5.91 Å². The van der Waals surface area contributed by atoms with E-state index in [1.165, 1.54) is 24.7 Å². The maximum atomic E-state index is 14.1. The molecule has 3 heterocycles. The van der Waals surface area contributed by atoms with E-state index in [1.807, 2.05) is 34.6 Å². The number of fused-ring (bicyclic) bond motifs is 1. The molecule has 0 aliphatic carbocycles. The average molecular weight is 510 g/mol. The third-order valence-electron chi connectivity index (χ3n) is 6.77. The Labute approximate surface area is 210 Å². The Morgan fingerprint density at radius 2 is 1.86 bits per heavy atom. The minimum absolute atomic E-state index is 0. The first-order valence-corrected chi connectivity index (χ1v) is 13.2. The molecule has 0 unspecified atom stereocenters. The van der Waals surface area contributed by atoms with Crippen molar-refractivity contribution in [2.45, 2.75) is 36.6 Å². The molecule has 10 heteroatoms. The van der Waals surface area contributed by atoms with Crippen LogP contribution in [0.25, 0.3) is 10.9 Å². The Morgan fingerprint density at radius 3 is 2.56 bits per heavy atom. The van der Waals surface area contributed by atoms with Gasteiger partial charge in [0.25, 0.3) is 10.0 Å². The summed E-state index contributed by atoms with van der Waals surface area (Å²) in [6, 6.07) is 14.5. The molecule has 4 aromatic rings. The number of piperidine rings is 1. The summed E-state index contributed by atoms with van der Waals surface area (Å²) >= 11 is 0. The van der Waals surface area contributed by atoms with Gasteiger partial charge < -0.3 is 9.47 Å². The van der Waals surface area contributed by atoms with E-state index in [4.69, 9.17) is 0 Å². The highest BCUT2D eigenvalue weighted by Gasteiger charge is 2.28. The highest BCUT2D eigenvalue weighted by molar-refractivity contribution is 7.92. The lowest BCUT2D eigenvalue weighted by Crippen LogP contribution is -2.41. The SMILES string of the molecule is C[C@H](C(=O)N1CCC(c2ccc(S(=O)(=O)Nc3ccncn3)cc2)CC1)n1ccc2c(F)cccc21.[HH]. The van der Waals surface area contributed by atoms with E-state index in [2.05, 4.69) is 14.7 Å². The Bertz CT molecular complexity index is 1490. The summed E-state index contributed by atoms with van der Waals surface area (Å²) in [6.07, 6.45) is 6.07. The second-order valence-electron chi connectivity index (χ2n) is 8.94. The van der Waals surface area contributed by atoms with Crippen molar-refractivity contribution in [1.29, 1.82) is 0 Å². The predicted octanol–water partition coefficient (Wildman–Crippen LogP) is 4.58. The summed E-state index contributed by atoms with van der Waals surface area (Å²) in [6.45, 7) is 3.06. The third kappa shape index (κ3) is 4.68. The number of nitrogens with zero attached hydrogens (tertiary/aromatic N) is 4. The Kier molecular flexibility index (Phi) is 6.44. The molecule has 8 nitrogen and oxygen atoms in total. The van der Waals surface area contributed by atoms with Gasteiger partial charge in [-0.15, -0.1) is 0 Å². The molecule has 5 rings (SSSR count). The van der Waals surface area contributed by atoms with Crippen LogP contribution in [-0.2, 0) is 14.8 Å². The van der Waals surface area contributed by atoms with Gasteiger partial charge in [-0.1, -0.05) is 18.2 Å². The lowest BCUT2D eigenvalue weighted by atomic mass is 9.89. The van der Waals surface area contributed by atoms with Crippen LogP contribution in [0.1, 0.15) is 38.7 Å². The number of hydrogen-bond donors (Lipinski definition) is 1. The standard InChI is InChI=1S/C26H26FN5O3S.H2/c1-18(32-16-12-22-23(27)3-2-4-24(22)32)26(33)31-14-10-20(11-15-31)19-5-7-21(8-6-19)36(34,35)30-25-9-13-28-17-29-25;/h2-9,12-13,16-18,20H,10-11,14-15H2,1H3,(H,28,29,30);1H/t18-;/m1./s1. The van der Waals surface area contributed by atoms with Gasteiger partial charge in [0.1, 0.15) is 24.0 Å². The monoisotopic (exact) mass is 509 g/mol. The molecule has 1 saturated heterocycles. The van der Waals surface area contributed by atoms with Crippen molar-refractivity contribution in [3.63, 3.8) is 0 Å². The van der Waals surface area contributed by atoms with Crippen LogP contribution in [0.4, 0.5) is 10.2 Å². The van der Waals surface area contributed by atoms with Crippen LogP contribution >= 0.6 is 0 Å². The average Bonchev–Trinajstić information content (AvgIpc) is 3.34. The minimum Gasteiger partial charge on any atom is -0.341 e. The molecule has 0 radical (unpaired) electrons. The second-order valence-corrected chi connectivity index (χ2v) is 10.6. The second kappa shape index (κ2) is 9.69. The third-order valence-corrected chi connectivity index (χ3v) is 8.14. The van der Waals surface area contributed by atoms with Crippen LogP contribution in [0.15, 0.2) is 78.2 Å². The maximum Gasteiger partial charge on any atom is 0.263 e. The maximum absolute atomic E-state index is 14.1. The van der Waals surface area contributed by atoms with Crippen molar-refractivity contribution in [3.8, 4) is 0 Å². The molecule has 1 fully saturated rings. The fourth-order valence-electron chi connectivity index (χ4n) is 4.77. The molecule has 36 heavy (non-hydrogen) atoms. The summed E-state index contributed by atoms with van der Waals surface area (Å²) in [5.41, 5.74) is 1.75. The number of likely N-dealkylation sites (tertiary alicyclic amines) is 1. The number of carbonyl (C=O) groups is 1. The van der Waals surface area contributed by atoms with E-state index in [0.29, 0.717) is 24.0 Å². The zero-order chi connectivity index (χ0) is 25.3. The van der Waals surface area contributed by atoms with E-state index >= 15 is 0 Å². The molecular formula is C26H28FN5O3S. The number of sulfonamides is 1. The number of benzene rings is 2. The highest BCUT2D eigenvalue weighted by Crippen LogP contribution is 2.31. The highest BCUT2D eigenvalue weighted by atomic mass is 32.2. The van der Waals surface area contributed by atoms with Crippen LogP contribution in [0, 0.1) is 5.82 Å².